The van der Waals surface area contributed by atoms with Crippen LogP contribution >= 0.6 is 0 Å². The second kappa shape index (κ2) is 8.11. The van der Waals surface area contributed by atoms with Crippen molar-refractivity contribution >= 4 is 5.97 Å². The van der Waals surface area contributed by atoms with Crippen LogP contribution in [0.15, 0.2) is 12.2 Å². The summed E-state index contributed by atoms with van der Waals surface area (Å²) in [6, 6.07) is 0. The van der Waals surface area contributed by atoms with Crippen LogP contribution in [0.2, 0.25) is 0 Å². The monoisotopic (exact) mass is 253 g/mol. The van der Waals surface area contributed by atoms with E-state index in [-0.39, 0.29) is 13.2 Å². The smallest absolute Gasteiger partial charge is 0.401 e. The third-order valence-electron chi connectivity index (χ3n) is 1.85. The fraction of sp³-hybridized carbons (Fsp3) is 0.727. The number of carbonyl (C=O) groups excluding carboxylic acids is 1. The maximum Gasteiger partial charge on any atom is 0.401 e. The number of alkyl halides is 3. The zero-order valence-corrected chi connectivity index (χ0v) is 10.1. The lowest BCUT2D eigenvalue weighted by molar-refractivity contribution is -0.144. The van der Waals surface area contributed by atoms with Crippen LogP contribution in [0.4, 0.5) is 13.2 Å². The molecular weight excluding hydrogens is 235 g/mol. The Hall–Kier alpha value is -1.04. The van der Waals surface area contributed by atoms with Gasteiger partial charge in [0.25, 0.3) is 0 Å². The zero-order valence-electron chi connectivity index (χ0n) is 10.1. The molecule has 0 aliphatic heterocycles. The second-order valence-electron chi connectivity index (χ2n) is 3.50. The number of carbonyl (C=O) groups is 1. The number of hydrogen-bond acceptors (Lipinski definition) is 3. The lowest BCUT2D eigenvalue weighted by Crippen LogP contribution is -2.35. The fourth-order valence-corrected chi connectivity index (χ4v) is 1.29. The summed E-state index contributed by atoms with van der Waals surface area (Å²) in [6.45, 7) is 3.19. The van der Waals surface area contributed by atoms with Gasteiger partial charge < -0.3 is 4.74 Å². The van der Waals surface area contributed by atoms with Crippen molar-refractivity contribution in [2.45, 2.75) is 26.4 Å². The highest BCUT2D eigenvalue weighted by Crippen LogP contribution is 2.16. The molecule has 0 bridgehead atoms. The first-order valence-corrected chi connectivity index (χ1v) is 5.51. The average molecular weight is 253 g/mol. The highest BCUT2D eigenvalue weighted by molar-refractivity contribution is 5.81. The maximum absolute atomic E-state index is 12.2. The molecule has 0 aliphatic rings. The largest absolute Gasteiger partial charge is 0.463 e. The molecule has 0 spiro atoms. The molecule has 0 N–H and O–H groups in total. The summed E-state index contributed by atoms with van der Waals surface area (Å²) in [5.41, 5.74) is 0. The van der Waals surface area contributed by atoms with Gasteiger partial charge in [0.2, 0.25) is 0 Å². The first-order chi connectivity index (χ1) is 7.89. The van der Waals surface area contributed by atoms with E-state index in [0.29, 0.717) is 13.0 Å². The van der Waals surface area contributed by atoms with Crippen LogP contribution in [0.25, 0.3) is 0 Å². The summed E-state index contributed by atoms with van der Waals surface area (Å²) >= 11 is 0. The second-order valence-corrected chi connectivity index (χ2v) is 3.50. The first kappa shape index (κ1) is 16.0. The van der Waals surface area contributed by atoms with E-state index in [9.17, 15) is 18.0 Å². The molecule has 0 aliphatic carbocycles. The molecule has 0 amide bonds. The molecule has 0 rings (SSSR count). The third kappa shape index (κ3) is 9.86. The van der Waals surface area contributed by atoms with Crippen molar-refractivity contribution in [2.24, 2.45) is 0 Å². The quantitative estimate of drug-likeness (QED) is 0.515. The van der Waals surface area contributed by atoms with Crippen molar-refractivity contribution < 1.29 is 22.7 Å². The molecule has 0 unspecified atom stereocenters. The summed E-state index contributed by atoms with van der Waals surface area (Å²) in [4.78, 5) is 12.1. The van der Waals surface area contributed by atoms with E-state index in [1.807, 2.05) is 0 Å². The molecule has 0 heterocycles. The molecule has 0 aromatic carbocycles. The molecule has 0 saturated carbocycles. The van der Waals surface area contributed by atoms with E-state index in [1.54, 1.807) is 13.8 Å². The van der Waals surface area contributed by atoms with Gasteiger partial charge in [-0.2, -0.15) is 13.2 Å². The minimum absolute atomic E-state index is 0.0894. The molecule has 0 aromatic rings. The Morgan fingerprint density at radius 1 is 1.35 bits per heavy atom. The molecule has 0 atom stereocenters. The van der Waals surface area contributed by atoms with Gasteiger partial charge in [0, 0.05) is 12.6 Å². The summed E-state index contributed by atoms with van der Waals surface area (Å²) in [5, 5.41) is 0. The van der Waals surface area contributed by atoms with Gasteiger partial charge in [-0.25, -0.2) is 4.79 Å². The normalized spacial score (nSPS) is 12.4. The minimum atomic E-state index is -4.22. The van der Waals surface area contributed by atoms with Gasteiger partial charge in [-0.3, -0.25) is 4.90 Å². The van der Waals surface area contributed by atoms with Crippen LogP contribution in [0.5, 0.6) is 0 Å². The Morgan fingerprint density at radius 3 is 2.47 bits per heavy atom. The van der Waals surface area contributed by atoms with Crippen LogP contribution in [0.1, 0.15) is 20.3 Å². The Balaban J connectivity index is 4.12. The van der Waals surface area contributed by atoms with Gasteiger partial charge in [0.05, 0.1) is 13.2 Å². The molecule has 0 aromatic heterocycles. The first-order valence-electron chi connectivity index (χ1n) is 5.51. The molecule has 100 valence electrons. The van der Waals surface area contributed by atoms with Crippen molar-refractivity contribution in [2.75, 3.05) is 26.2 Å². The van der Waals surface area contributed by atoms with Crippen LogP contribution in [-0.2, 0) is 9.53 Å². The van der Waals surface area contributed by atoms with E-state index in [1.165, 1.54) is 11.0 Å². The molecule has 3 nitrogen and oxygen atoms in total. The predicted molar refractivity (Wildman–Crippen MR) is 58.6 cm³/mol. The van der Waals surface area contributed by atoms with Crippen molar-refractivity contribution in [3.8, 4) is 0 Å². The summed E-state index contributed by atoms with van der Waals surface area (Å²) < 4.78 is 41.2. The molecule has 0 fully saturated rings. The van der Waals surface area contributed by atoms with Gasteiger partial charge in [-0.05, 0) is 19.9 Å². The van der Waals surface area contributed by atoms with Crippen molar-refractivity contribution in [3.05, 3.63) is 12.2 Å². The van der Waals surface area contributed by atoms with Crippen LogP contribution in [0.3, 0.4) is 0 Å². The van der Waals surface area contributed by atoms with Crippen molar-refractivity contribution in [1.29, 1.82) is 0 Å². The van der Waals surface area contributed by atoms with E-state index in [0.717, 1.165) is 6.08 Å². The van der Waals surface area contributed by atoms with Crippen molar-refractivity contribution in [3.63, 3.8) is 0 Å². The van der Waals surface area contributed by atoms with Crippen LogP contribution < -0.4 is 0 Å². The zero-order chi connectivity index (χ0) is 13.3. The van der Waals surface area contributed by atoms with Crippen LogP contribution in [-0.4, -0.2) is 43.3 Å². The Labute approximate surface area is 99.2 Å². The van der Waals surface area contributed by atoms with Gasteiger partial charge >= 0.3 is 12.1 Å². The Morgan fingerprint density at radius 2 is 2.00 bits per heavy atom. The predicted octanol–water partition coefficient (Wildman–Crippen LogP) is 2.38. The van der Waals surface area contributed by atoms with Gasteiger partial charge in [-0.15, -0.1) is 0 Å². The number of halogens is 3. The average Bonchev–Trinajstić information content (AvgIpc) is 2.15. The summed E-state index contributed by atoms with van der Waals surface area (Å²) in [5.74, 6) is -0.532. The van der Waals surface area contributed by atoms with Crippen LogP contribution in [0, 0.1) is 0 Å². The molecule has 0 saturated heterocycles. The van der Waals surface area contributed by atoms with E-state index >= 15 is 0 Å². The maximum atomic E-state index is 12.2. The topological polar surface area (TPSA) is 29.5 Å². The Kier molecular flexibility index (Phi) is 7.61. The number of nitrogens with zero attached hydrogens (tertiary/aromatic N) is 1. The summed E-state index contributed by atoms with van der Waals surface area (Å²) in [7, 11) is 0. The van der Waals surface area contributed by atoms with Gasteiger partial charge in [0.15, 0.2) is 0 Å². The van der Waals surface area contributed by atoms with Crippen molar-refractivity contribution in [1.82, 2.24) is 4.90 Å². The number of hydrogen-bond donors (Lipinski definition) is 0. The lowest BCUT2D eigenvalue weighted by atomic mass is 10.3. The molecule has 17 heavy (non-hydrogen) atoms. The van der Waals surface area contributed by atoms with E-state index < -0.39 is 18.7 Å². The lowest BCUT2D eigenvalue weighted by Gasteiger charge is -2.21. The van der Waals surface area contributed by atoms with Gasteiger partial charge in [-0.1, -0.05) is 13.0 Å². The highest BCUT2D eigenvalue weighted by atomic mass is 19.4. The minimum Gasteiger partial charge on any atom is -0.463 e. The summed E-state index contributed by atoms with van der Waals surface area (Å²) in [6.07, 6.45) is -1.04. The van der Waals surface area contributed by atoms with E-state index in [4.69, 9.17) is 0 Å². The van der Waals surface area contributed by atoms with E-state index in [2.05, 4.69) is 4.74 Å². The molecular formula is C11H18F3NO2. The molecule has 0 radical (unpaired) electrons. The third-order valence-corrected chi connectivity index (χ3v) is 1.85. The van der Waals surface area contributed by atoms with Gasteiger partial charge in [0.1, 0.15) is 0 Å². The highest BCUT2D eigenvalue weighted by Gasteiger charge is 2.29. The molecule has 6 heteroatoms. The number of ether oxygens (including phenoxy) is 1. The standard InChI is InChI=1S/C11H18F3NO2/c1-3-7-15(9-11(12,13)14)8-5-6-10(16)17-4-2/h5-6H,3-4,7-9H2,1-2H3/b6-5+. The number of esters is 1. The Bertz CT molecular complexity index is 252. The SMILES string of the molecule is CCCN(C/C=C/C(=O)OCC)CC(F)(F)F. The number of rotatable bonds is 7. The fourth-order valence-electron chi connectivity index (χ4n) is 1.29.